The lowest BCUT2D eigenvalue weighted by atomic mass is 9.95. The fraction of sp³-hybridized carbons (Fsp3) is 0.407. The van der Waals surface area contributed by atoms with E-state index in [9.17, 15) is 13.2 Å². The molecule has 2 aliphatic rings. The quantitative estimate of drug-likeness (QED) is 0.699. The van der Waals surface area contributed by atoms with Crippen LogP contribution in [-0.2, 0) is 21.2 Å². The van der Waals surface area contributed by atoms with Gasteiger partial charge in [-0.05, 0) is 74.8 Å². The van der Waals surface area contributed by atoms with Gasteiger partial charge in [-0.1, -0.05) is 42.5 Å². The van der Waals surface area contributed by atoms with Crippen LogP contribution >= 0.6 is 0 Å². The van der Waals surface area contributed by atoms with Crippen LogP contribution in [0.3, 0.4) is 0 Å². The number of amidine groups is 1. The molecule has 7 heteroatoms. The van der Waals surface area contributed by atoms with Crippen molar-refractivity contribution in [2.24, 2.45) is 10.3 Å². The van der Waals surface area contributed by atoms with Crippen molar-refractivity contribution in [3.05, 3.63) is 75.9 Å². The first-order valence-corrected chi connectivity index (χ1v) is 13.3. The number of carbonyl (C=O) groups is 1. The molecule has 2 aliphatic heterocycles. The maximum atomic E-state index is 12.9. The second-order valence-electron chi connectivity index (χ2n) is 9.37. The van der Waals surface area contributed by atoms with E-state index in [0.29, 0.717) is 54.4 Å². The first-order chi connectivity index (χ1) is 16.2. The van der Waals surface area contributed by atoms with Crippen LogP contribution in [0, 0.1) is 26.7 Å². The van der Waals surface area contributed by atoms with Gasteiger partial charge in [-0.15, -0.1) is 4.40 Å². The zero-order chi connectivity index (χ0) is 24.5. The molecule has 0 bridgehead atoms. The summed E-state index contributed by atoms with van der Waals surface area (Å²) < 4.78 is 30.0. The molecule has 34 heavy (non-hydrogen) atoms. The maximum absolute atomic E-state index is 12.9. The fourth-order valence-corrected chi connectivity index (χ4v) is 6.25. The highest BCUT2D eigenvalue weighted by Gasteiger charge is 2.35. The van der Waals surface area contributed by atoms with Crippen LogP contribution in [0.2, 0.25) is 0 Å². The lowest BCUT2D eigenvalue weighted by Crippen LogP contribution is -2.43. The molecule has 0 aromatic heterocycles. The molecular formula is C27H33N3O3S. The van der Waals surface area contributed by atoms with E-state index in [1.807, 2.05) is 56.0 Å². The van der Waals surface area contributed by atoms with E-state index in [-0.39, 0.29) is 11.8 Å². The van der Waals surface area contributed by atoms with Crippen LogP contribution in [0.5, 0.6) is 0 Å². The van der Waals surface area contributed by atoms with E-state index in [1.165, 1.54) is 11.1 Å². The number of piperidine rings is 1. The molecule has 0 saturated carbocycles. The number of carbonyl (C=O) groups excluding carboxylic acids is 1. The minimum Gasteiger partial charge on any atom is -0.356 e. The average molecular weight is 480 g/mol. The first kappa shape index (κ1) is 24.2. The molecule has 1 saturated heterocycles. The number of benzene rings is 2. The van der Waals surface area contributed by atoms with Crippen LogP contribution in [0.4, 0.5) is 0 Å². The smallest absolute Gasteiger partial charge is 0.285 e. The van der Waals surface area contributed by atoms with Crippen molar-refractivity contribution in [3.63, 3.8) is 0 Å². The lowest BCUT2D eigenvalue weighted by Gasteiger charge is -2.32. The molecule has 4 rings (SSSR count). The van der Waals surface area contributed by atoms with Crippen molar-refractivity contribution >= 4 is 26.7 Å². The van der Waals surface area contributed by atoms with Gasteiger partial charge >= 0.3 is 0 Å². The summed E-state index contributed by atoms with van der Waals surface area (Å²) in [7, 11) is -3.74. The van der Waals surface area contributed by atoms with Gasteiger partial charge in [-0.25, -0.2) is 0 Å². The van der Waals surface area contributed by atoms with E-state index < -0.39 is 10.0 Å². The SMILES string of the molecule is CC1=C(c2ccc(C)c(C)c2)S(=O)(=O)N=C1N1CCC(C(=O)NCCc2ccccc2C)CC1. The van der Waals surface area contributed by atoms with Gasteiger partial charge in [0, 0.05) is 31.1 Å². The van der Waals surface area contributed by atoms with Gasteiger partial charge in [0.25, 0.3) is 10.0 Å². The van der Waals surface area contributed by atoms with Crippen molar-refractivity contribution in [1.82, 2.24) is 10.2 Å². The molecule has 2 aromatic carbocycles. The number of nitrogens with one attached hydrogen (secondary N) is 1. The topological polar surface area (TPSA) is 78.8 Å². The number of amides is 1. The van der Waals surface area contributed by atoms with E-state index >= 15 is 0 Å². The van der Waals surface area contributed by atoms with Crippen molar-refractivity contribution in [1.29, 1.82) is 0 Å². The third-order valence-corrected chi connectivity index (χ3v) is 8.50. The molecule has 1 fully saturated rings. The molecule has 0 spiro atoms. The predicted molar refractivity (Wildman–Crippen MR) is 137 cm³/mol. The number of rotatable bonds is 5. The molecule has 0 radical (unpaired) electrons. The summed E-state index contributed by atoms with van der Waals surface area (Å²) in [4.78, 5) is 15.0. The van der Waals surface area contributed by atoms with Crippen molar-refractivity contribution in [2.75, 3.05) is 19.6 Å². The minimum atomic E-state index is -3.74. The third-order valence-electron chi connectivity index (χ3n) is 7.03. The molecule has 6 nitrogen and oxygen atoms in total. The van der Waals surface area contributed by atoms with Gasteiger partial charge in [0.15, 0.2) is 0 Å². The normalized spacial score (nSPS) is 18.2. The Kier molecular flexibility index (Phi) is 6.94. The summed E-state index contributed by atoms with van der Waals surface area (Å²) in [6, 6.07) is 13.9. The summed E-state index contributed by atoms with van der Waals surface area (Å²) in [6.07, 6.45) is 2.18. The Morgan fingerprint density at radius 2 is 1.71 bits per heavy atom. The van der Waals surface area contributed by atoms with Crippen LogP contribution in [0.15, 0.2) is 52.4 Å². The maximum Gasteiger partial charge on any atom is 0.285 e. The van der Waals surface area contributed by atoms with Gasteiger partial charge in [-0.2, -0.15) is 8.42 Å². The lowest BCUT2D eigenvalue weighted by molar-refractivity contribution is -0.126. The van der Waals surface area contributed by atoms with E-state index in [4.69, 9.17) is 0 Å². The summed E-state index contributed by atoms with van der Waals surface area (Å²) in [5.74, 6) is 0.541. The number of aryl methyl sites for hydroxylation is 3. The molecule has 2 aromatic rings. The zero-order valence-corrected chi connectivity index (χ0v) is 21.2. The van der Waals surface area contributed by atoms with Crippen LogP contribution in [0.25, 0.3) is 4.91 Å². The van der Waals surface area contributed by atoms with Crippen LogP contribution in [0.1, 0.15) is 47.6 Å². The average Bonchev–Trinajstić information content (AvgIpc) is 3.05. The number of sulfonamides is 1. The van der Waals surface area contributed by atoms with E-state index in [2.05, 4.69) is 28.8 Å². The molecule has 2 heterocycles. The minimum absolute atomic E-state index is 0.0600. The van der Waals surface area contributed by atoms with Gasteiger partial charge in [-0.3, -0.25) is 4.79 Å². The molecule has 180 valence electrons. The molecule has 1 amide bonds. The number of hydrogen-bond acceptors (Lipinski definition) is 4. The number of likely N-dealkylation sites (tertiary alicyclic amines) is 1. The van der Waals surface area contributed by atoms with Crippen LogP contribution < -0.4 is 5.32 Å². The highest BCUT2D eigenvalue weighted by atomic mass is 32.2. The molecule has 0 atom stereocenters. The highest BCUT2D eigenvalue weighted by molar-refractivity contribution is 8.00. The summed E-state index contributed by atoms with van der Waals surface area (Å²) >= 11 is 0. The van der Waals surface area contributed by atoms with Crippen molar-refractivity contribution in [3.8, 4) is 0 Å². The number of hydrogen-bond donors (Lipinski definition) is 1. The second-order valence-corrected chi connectivity index (χ2v) is 10.9. The van der Waals surface area contributed by atoms with Gasteiger partial charge in [0.2, 0.25) is 5.91 Å². The Bertz CT molecular complexity index is 1270. The summed E-state index contributed by atoms with van der Waals surface area (Å²) in [5, 5.41) is 3.08. The Morgan fingerprint density at radius 3 is 2.38 bits per heavy atom. The second kappa shape index (κ2) is 9.74. The third kappa shape index (κ3) is 4.94. The van der Waals surface area contributed by atoms with Crippen LogP contribution in [-0.4, -0.2) is 44.7 Å². The summed E-state index contributed by atoms with van der Waals surface area (Å²) in [5.41, 5.74) is 6.03. The van der Waals surface area contributed by atoms with E-state index in [1.54, 1.807) is 0 Å². The van der Waals surface area contributed by atoms with Crippen molar-refractivity contribution < 1.29 is 13.2 Å². The van der Waals surface area contributed by atoms with Gasteiger partial charge in [0.05, 0.1) is 0 Å². The molecule has 1 N–H and O–H groups in total. The van der Waals surface area contributed by atoms with Gasteiger partial charge < -0.3 is 10.2 Å². The fourth-order valence-electron chi connectivity index (χ4n) is 4.77. The molecular weight excluding hydrogens is 446 g/mol. The summed E-state index contributed by atoms with van der Waals surface area (Å²) in [6.45, 7) is 9.75. The monoisotopic (exact) mass is 479 g/mol. The Balaban J connectivity index is 1.38. The Morgan fingerprint density at radius 1 is 1.00 bits per heavy atom. The van der Waals surface area contributed by atoms with Gasteiger partial charge in [0.1, 0.15) is 10.7 Å². The molecule has 0 aliphatic carbocycles. The molecule has 0 unspecified atom stereocenters. The highest BCUT2D eigenvalue weighted by Crippen LogP contribution is 2.35. The van der Waals surface area contributed by atoms with Crippen molar-refractivity contribution in [2.45, 2.75) is 47.0 Å². The zero-order valence-electron chi connectivity index (χ0n) is 20.4. The largest absolute Gasteiger partial charge is 0.356 e. The predicted octanol–water partition coefficient (Wildman–Crippen LogP) is 4.16. The standard InChI is InChI=1S/C27H33N3O3S/c1-18-9-10-24(17-20(18)3)25-21(4)26(29-34(25,32)33)30-15-12-23(13-16-30)27(31)28-14-11-22-8-6-5-7-19(22)2/h5-10,17,23H,11-16H2,1-4H3,(H,28,31). The van der Waals surface area contributed by atoms with E-state index in [0.717, 1.165) is 17.5 Å². The Hall–Kier alpha value is -2.93. The Labute approximate surface area is 202 Å². The first-order valence-electron chi connectivity index (χ1n) is 11.9. The number of nitrogens with zero attached hydrogens (tertiary/aromatic N) is 2.